The van der Waals surface area contributed by atoms with Crippen LogP contribution in [0.3, 0.4) is 0 Å². The number of hydrogen-bond acceptors (Lipinski definition) is 4. The maximum Gasteiger partial charge on any atom is 0.263 e. The Bertz CT molecular complexity index is 543. The molecule has 0 atom stereocenters. The molecule has 0 unspecified atom stereocenters. The van der Waals surface area contributed by atoms with Crippen LogP contribution in [0.25, 0.3) is 0 Å². The molecule has 0 saturated carbocycles. The lowest BCUT2D eigenvalue weighted by Crippen LogP contribution is -2.22. The van der Waals surface area contributed by atoms with Gasteiger partial charge >= 0.3 is 0 Å². The molecule has 0 aliphatic carbocycles. The van der Waals surface area contributed by atoms with Crippen LogP contribution >= 0.6 is 11.3 Å². The molecule has 0 spiro atoms. The van der Waals surface area contributed by atoms with Crippen molar-refractivity contribution in [2.24, 2.45) is 7.05 Å². The topological polar surface area (TPSA) is 72.9 Å². The minimum atomic E-state index is -0.138. The second kappa shape index (κ2) is 4.58. The predicted octanol–water partition coefficient (Wildman–Crippen LogP) is 1.30. The molecule has 2 aromatic heterocycles. The van der Waals surface area contributed by atoms with Crippen LogP contribution in [-0.2, 0) is 13.6 Å². The highest BCUT2D eigenvalue weighted by Crippen LogP contribution is 2.18. The number of carbonyl (C=O) groups excluding carboxylic acids is 1. The summed E-state index contributed by atoms with van der Waals surface area (Å²) in [7, 11) is 1.86. The third kappa shape index (κ3) is 2.47. The zero-order chi connectivity index (χ0) is 12.4. The Morgan fingerprint density at radius 1 is 1.65 bits per heavy atom. The van der Waals surface area contributed by atoms with Crippen molar-refractivity contribution in [1.82, 2.24) is 15.1 Å². The molecule has 90 valence electrons. The molecule has 3 N–H and O–H groups in total. The lowest BCUT2D eigenvalue weighted by atomic mass is 10.2. The molecular formula is C11H14N4OS. The number of hydrogen-bond donors (Lipinski definition) is 2. The number of carbonyl (C=O) groups is 1. The van der Waals surface area contributed by atoms with Gasteiger partial charge in [-0.2, -0.15) is 5.10 Å². The average molecular weight is 250 g/mol. The number of rotatable bonds is 3. The molecule has 0 aliphatic heterocycles. The van der Waals surface area contributed by atoms with Gasteiger partial charge in [-0.15, -0.1) is 11.3 Å². The molecule has 1 amide bonds. The van der Waals surface area contributed by atoms with E-state index in [0.717, 1.165) is 11.3 Å². The Kier molecular flexibility index (Phi) is 3.14. The summed E-state index contributed by atoms with van der Waals surface area (Å²) in [5.74, 6) is -0.138. The number of nitrogens with zero attached hydrogens (tertiary/aromatic N) is 2. The summed E-state index contributed by atoms with van der Waals surface area (Å²) in [6.45, 7) is 2.39. The fraction of sp³-hybridized carbons (Fsp3) is 0.273. The van der Waals surface area contributed by atoms with Crippen LogP contribution in [0, 0.1) is 6.92 Å². The fourth-order valence-electron chi connectivity index (χ4n) is 1.58. The van der Waals surface area contributed by atoms with Crippen LogP contribution in [-0.4, -0.2) is 15.7 Å². The number of amides is 1. The van der Waals surface area contributed by atoms with Crippen molar-refractivity contribution in [3.8, 4) is 0 Å². The van der Waals surface area contributed by atoms with E-state index in [1.807, 2.05) is 20.2 Å². The van der Waals surface area contributed by atoms with Crippen molar-refractivity contribution in [3.05, 3.63) is 33.8 Å². The summed E-state index contributed by atoms with van der Waals surface area (Å²) in [5, 5.41) is 8.85. The molecule has 0 aromatic carbocycles. The summed E-state index contributed by atoms with van der Waals surface area (Å²) >= 11 is 1.34. The normalized spacial score (nSPS) is 10.5. The third-order valence-electron chi connectivity index (χ3n) is 2.46. The van der Waals surface area contributed by atoms with Gasteiger partial charge in [-0.1, -0.05) is 0 Å². The summed E-state index contributed by atoms with van der Waals surface area (Å²) in [6.07, 6.45) is 1.90. The number of nitrogens with one attached hydrogen (secondary N) is 1. The monoisotopic (exact) mass is 250 g/mol. The van der Waals surface area contributed by atoms with Gasteiger partial charge in [0.25, 0.3) is 5.91 Å². The van der Waals surface area contributed by atoms with Crippen LogP contribution in [0.5, 0.6) is 0 Å². The molecule has 0 aliphatic rings. The molecule has 5 nitrogen and oxygen atoms in total. The van der Waals surface area contributed by atoms with E-state index in [4.69, 9.17) is 5.73 Å². The number of aryl methyl sites for hydroxylation is 2. The Labute approximate surface area is 103 Å². The van der Waals surface area contributed by atoms with E-state index in [0.29, 0.717) is 17.1 Å². The Balaban J connectivity index is 2.02. The Hall–Kier alpha value is -1.82. The highest BCUT2D eigenvalue weighted by Gasteiger charge is 2.11. The van der Waals surface area contributed by atoms with Crippen LogP contribution in [0.15, 0.2) is 17.6 Å². The van der Waals surface area contributed by atoms with Crippen LogP contribution in [0.1, 0.15) is 20.9 Å². The van der Waals surface area contributed by atoms with Crippen molar-refractivity contribution in [1.29, 1.82) is 0 Å². The van der Waals surface area contributed by atoms with E-state index in [-0.39, 0.29) is 5.91 Å². The number of nitrogens with two attached hydrogens (primary N) is 1. The van der Waals surface area contributed by atoms with E-state index in [9.17, 15) is 4.79 Å². The maximum absolute atomic E-state index is 11.8. The van der Waals surface area contributed by atoms with Gasteiger partial charge in [0.05, 0.1) is 11.4 Å². The zero-order valence-electron chi connectivity index (χ0n) is 9.73. The highest BCUT2D eigenvalue weighted by atomic mass is 32.1. The van der Waals surface area contributed by atoms with Crippen LogP contribution in [0.4, 0.5) is 5.69 Å². The van der Waals surface area contributed by atoms with Gasteiger partial charge in [-0.05, 0) is 18.4 Å². The van der Waals surface area contributed by atoms with Crippen molar-refractivity contribution < 1.29 is 4.79 Å². The Morgan fingerprint density at radius 3 is 2.94 bits per heavy atom. The van der Waals surface area contributed by atoms with Gasteiger partial charge in [-0.3, -0.25) is 9.48 Å². The molecule has 0 fully saturated rings. The summed E-state index contributed by atoms with van der Waals surface area (Å²) in [5.41, 5.74) is 8.13. The lowest BCUT2D eigenvalue weighted by molar-refractivity contribution is 0.0956. The number of anilines is 1. The summed E-state index contributed by atoms with van der Waals surface area (Å²) in [6, 6.07) is 1.73. The number of aromatic nitrogens is 2. The molecule has 2 rings (SSSR count). The van der Waals surface area contributed by atoms with E-state index in [2.05, 4.69) is 10.4 Å². The quantitative estimate of drug-likeness (QED) is 0.862. The SMILES string of the molecule is Cc1nn(C)cc1CNC(=O)c1sccc1N. The number of thiophene rings is 1. The molecule has 6 heteroatoms. The van der Waals surface area contributed by atoms with Gasteiger partial charge in [0.15, 0.2) is 0 Å². The van der Waals surface area contributed by atoms with E-state index < -0.39 is 0 Å². The Morgan fingerprint density at radius 2 is 2.41 bits per heavy atom. The van der Waals surface area contributed by atoms with Crippen molar-refractivity contribution in [2.75, 3.05) is 5.73 Å². The first-order chi connectivity index (χ1) is 8.08. The maximum atomic E-state index is 11.8. The van der Waals surface area contributed by atoms with E-state index >= 15 is 0 Å². The first-order valence-electron chi connectivity index (χ1n) is 5.18. The molecule has 0 radical (unpaired) electrons. The molecule has 0 saturated heterocycles. The smallest absolute Gasteiger partial charge is 0.263 e. The summed E-state index contributed by atoms with van der Waals surface area (Å²) < 4.78 is 1.73. The van der Waals surface area contributed by atoms with Gasteiger partial charge in [-0.25, -0.2) is 0 Å². The van der Waals surface area contributed by atoms with Gasteiger partial charge in [0.1, 0.15) is 4.88 Å². The lowest BCUT2D eigenvalue weighted by Gasteiger charge is -2.03. The molecular weight excluding hydrogens is 236 g/mol. The fourth-order valence-corrected chi connectivity index (χ4v) is 2.32. The molecule has 17 heavy (non-hydrogen) atoms. The second-order valence-corrected chi connectivity index (χ2v) is 4.72. The largest absolute Gasteiger partial charge is 0.397 e. The minimum absolute atomic E-state index is 0.138. The predicted molar refractivity (Wildman–Crippen MR) is 67.8 cm³/mol. The van der Waals surface area contributed by atoms with Crippen molar-refractivity contribution >= 4 is 22.9 Å². The zero-order valence-corrected chi connectivity index (χ0v) is 10.5. The van der Waals surface area contributed by atoms with Crippen molar-refractivity contribution in [2.45, 2.75) is 13.5 Å². The highest BCUT2D eigenvalue weighted by molar-refractivity contribution is 7.12. The molecule has 2 heterocycles. The van der Waals surface area contributed by atoms with Crippen molar-refractivity contribution in [3.63, 3.8) is 0 Å². The standard InChI is InChI=1S/C11H14N4OS/c1-7-8(6-15(2)14-7)5-13-11(16)10-9(12)3-4-17-10/h3-4,6H,5,12H2,1-2H3,(H,13,16). The van der Waals surface area contributed by atoms with Gasteiger partial charge < -0.3 is 11.1 Å². The van der Waals surface area contributed by atoms with Gasteiger partial charge in [0, 0.05) is 25.4 Å². The van der Waals surface area contributed by atoms with Gasteiger partial charge in [0.2, 0.25) is 0 Å². The molecule has 2 aromatic rings. The van der Waals surface area contributed by atoms with E-state index in [1.54, 1.807) is 16.1 Å². The number of nitrogen functional groups attached to an aromatic ring is 1. The first-order valence-corrected chi connectivity index (χ1v) is 6.06. The minimum Gasteiger partial charge on any atom is -0.397 e. The first kappa shape index (κ1) is 11.7. The summed E-state index contributed by atoms with van der Waals surface area (Å²) in [4.78, 5) is 12.4. The third-order valence-corrected chi connectivity index (χ3v) is 3.39. The van der Waals surface area contributed by atoms with Crippen LogP contribution < -0.4 is 11.1 Å². The van der Waals surface area contributed by atoms with Crippen LogP contribution in [0.2, 0.25) is 0 Å². The second-order valence-electron chi connectivity index (χ2n) is 3.80. The average Bonchev–Trinajstić information content (AvgIpc) is 2.81. The van der Waals surface area contributed by atoms with E-state index in [1.165, 1.54) is 11.3 Å². The molecule has 0 bridgehead atoms.